The zero-order valence-corrected chi connectivity index (χ0v) is 17.7. The van der Waals surface area contributed by atoms with Crippen LogP contribution in [-0.4, -0.2) is 21.3 Å². The maximum absolute atomic E-state index is 11.0. The topological polar surface area (TPSA) is 47.3 Å². The fraction of sp³-hybridized carbons (Fsp3) is 0.222. The molecule has 31 heavy (non-hydrogen) atoms. The highest BCUT2D eigenvalue weighted by Gasteiger charge is 2.19. The lowest BCUT2D eigenvalue weighted by Crippen LogP contribution is -2.11. The molecule has 0 spiro atoms. The van der Waals surface area contributed by atoms with Crippen LogP contribution in [0.2, 0.25) is 0 Å². The van der Waals surface area contributed by atoms with Gasteiger partial charge in [0.1, 0.15) is 17.7 Å². The van der Waals surface area contributed by atoms with E-state index in [0.717, 1.165) is 53.7 Å². The Bertz CT molecular complexity index is 1130. The summed E-state index contributed by atoms with van der Waals surface area (Å²) in [5, 5.41) is 11.0. The first-order valence-electron chi connectivity index (χ1n) is 10.8. The third-order valence-electron chi connectivity index (χ3n) is 5.41. The minimum Gasteiger partial charge on any atom is -0.493 e. The Morgan fingerprint density at radius 3 is 2.52 bits per heavy atom. The van der Waals surface area contributed by atoms with Gasteiger partial charge in [-0.15, -0.1) is 6.58 Å². The number of ether oxygens (including phenoxy) is 1. The van der Waals surface area contributed by atoms with E-state index in [-0.39, 0.29) is 0 Å². The second-order valence-corrected chi connectivity index (χ2v) is 7.58. The number of aromatic nitrogens is 2. The van der Waals surface area contributed by atoms with Crippen LogP contribution in [-0.2, 0) is 13.0 Å². The average molecular weight is 413 g/mol. The van der Waals surface area contributed by atoms with E-state index < -0.39 is 6.10 Å². The molecule has 1 N–H and O–H groups in total. The number of hydrogen-bond donors (Lipinski definition) is 1. The van der Waals surface area contributed by atoms with Gasteiger partial charge in [-0.3, -0.25) is 0 Å². The zero-order chi connectivity index (χ0) is 21.5. The lowest BCUT2D eigenvalue weighted by atomic mass is 10.1. The van der Waals surface area contributed by atoms with Crippen LogP contribution in [0.3, 0.4) is 0 Å². The van der Waals surface area contributed by atoms with Gasteiger partial charge in [0, 0.05) is 6.54 Å². The van der Waals surface area contributed by atoms with Crippen molar-refractivity contribution in [2.75, 3.05) is 6.61 Å². The van der Waals surface area contributed by atoms with E-state index in [1.165, 1.54) is 0 Å². The summed E-state index contributed by atoms with van der Waals surface area (Å²) in [6.45, 7) is 5.25. The third-order valence-corrected chi connectivity index (χ3v) is 5.41. The van der Waals surface area contributed by atoms with Crippen molar-refractivity contribution in [3.63, 3.8) is 0 Å². The summed E-state index contributed by atoms with van der Waals surface area (Å²) in [5.74, 6) is 1.61. The number of benzene rings is 3. The number of imidazole rings is 1. The monoisotopic (exact) mass is 412 g/mol. The van der Waals surface area contributed by atoms with Crippen molar-refractivity contribution < 1.29 is 9.84 Å². The van der Waals surface area contributed by atoms with Gasteiger partial charge in [0.15, 0.2) is 0 Å². The van der Waals surface area contributed by atoms with Crippen LogP contribution in [0.15, 0.2) is 91.5 Å². The SMILES string of the molecule is C=CCc1ccccc1OCCCCn1c(C(O)c2ccccc2)nc2ccccc21. The predicted octanol–water partition coefficient (Wildman–Crippen LogP) is 5.71. The average Bonchev–Trinajstić information content (AvgIpc) is 3.19. The van der Waals surface area contributed by atoms with Crippen molar-refractivity contribution in [3.05, 3.63) is 108 Å². The Kier molecular flexibility index (Phi) is 6.80. The molecule has 1 aromatic heterocycles. The summed E-state index contributed by atoms with van der Waals surface area (Å²) in [6.07, 6.45) is 3.79. The van der Waals surface area contributed by atoms with Gasteiger partial charge < -0.3 is 14.4 Å². The minimum atomic E-state index is -0.754. The highest BCUT2D eigenvalue weighted by molar-refractivity contribution is 5.76. The summed E-state index contributed by atoms with van der Waals surface area (Å²) in [7, 11) is 0. The first kappa shape index (κ1) is 20.9. The number of nitrogens with zero attached hydrogens (tertiary/aromatic N) is 2. The van der Waals surface area contributed by atoms with Crippen LogP contribution in [0.25, 0.3) is 11.0 Å². The largest absolute Gasteiger partial charge is 0.493 e. The number of para-hydroxylation sites is 3. The van der Waals surface area contributed by atoms with E-state index >= 15 is 0 Å². The number of aliphatic hydroxyl groups excluding tert-OH is 1. The first-order chi connectivity index (χ1) is 15.3. The predicted molar refractivity (Wildman–Crippen MR) is 125 cm³/mol. The fourth-order valence-electron chi connectivity index (χ4n) is 3.85. The standard InChI is InChI=1S/C27H28N2O2/c1-2-12-21-13-6-9-18-25(21)31-20-11-10-19-29-24-17-8-7-16-23(24)28-27(29)26(30)22-14-4-3-5-15-22/h2-9,13-18,26,30H,1,10-12,19-20H2. The van der Waals surface area contributed by atoms with Gasteiger partial charge in [-0.1, -0.05) is 66.7 Å². The Labute approximate surface area is 183 Å². The molecule has 1 heterocycles. The van der Waals surface area contributed by atoms with Crippen molar-refractivity contribution >= 4 is 11.0 Å². The van der Waals surface area contributed by atoms with Crippen molar-refractivity contribution in [2.24, 2.45) is 0 Å². The normalized spacial score (nSPS) is 12.0. The second-order valence-electron chi connectivity index (χ2n) is 7.58. The fourth-order valence-corrected chi connectivity index (χ4v) is 3.85. The van der Waals surface area contributed by atoms with Crippen LogP contribution < -0.4 is 4.74 Å². The highest BCUT2D eigenvalue weighted by Crippen LogP contribution is 2.26. The molecular formula is C27H28N2O2. The van der Waals surface area contributed by atoms with Gasteiger partial charge >= 0.3 is 0 Å². The highest BCUT2D eigenvalue weighted by atomic mass is 16.5. The van der Waals surface area contributed by atoms with E-state index in [4.69, 9.17) is 9.72 Å². The van der Waals surface area contributed by atoms with Gasteiger partial charge in [0.05, 0.1) is 17.6 Å². The van der Waals surface area contributed by atoms with Gasteiger partial charge in [0.2, 0.25) is 0 Å². The Hall–Kier alpha value is -3.37. The summed E-state index contributed by atoms with van der Waals surface area (Å²) in [5.41, 5.74) is 3.96. The number of allylic oxidation sites excluding steroid dienone is 1. The molecule has 1 unspecified atom stereocenters. The molecule has 0 amide bonds. The molecule has 0 saturated heterocycles. The molecular weight excluding hydrogens is 384 g/mol. The lowest BCUT2D eigenvalue weighted by molar-refractivity contribution is 0.204. The number of aryl methyl sites for hydroxylation is 1. The molecule has 0 bridgehead atoms. The number of unbranched alkanes of at least 4 members (excludes halogenated alkanes) is 1. The van der Waals surface area contributed by atoms with E-state index in [1.54, 1.807) is 0 Å². The summed E-state index contributed by atoms with van der Waals surface area (Å²) < 4.78 is 8.16. The number of rotatable bonds is 10. The smallest absolute Gasteiger partial charge is 0.143 e. The Morgan fingerprint density at radius 1 is 0.935 bits per heavy atom. The number of fused-ring (bicyclic) bond motifs is 1. The quantitative estimate of drug-likeness (QED) is 0.268. The van der Waals surface area contributed by atoms with E-state index in [9.17, 15) is 5.11 Å². The molecule has 0 aliphatic heterocycles. The Morgan fingerprint density at radius 2 is 1.68 bits per heavy atom. The number of aliphatic hydroxyl groups is 1. The summed E-state index contributed by atoms with van der Waals surface area (Å²) in [4.78, 5) is 4.74. The molecule has 0 fully saturated rings. The maximum atomic E-state index is 11.0. The third kappa shape index (κ3) is 4.86. The molecule has 158 valence electrons. The van der Waals surface area contributed by atoms with Crippen molar-refractivity contribution in [3.8, 4) is 5.75 Å². The molecule has 1 atom stereocenters. The van der Waals surface area contributed by atoms with Crippen molar-refractivity contribution in [1.29, 1.82) is 0 Å². The summed E-state index contributed by atoms with van der Waals surface area (Å²) in [6, 6.07) is 25.8. The molecule has 0 saturated carbocycles. The number of hydrogen-bond acceptors (Lipinski definition) is 3. The van der Waals surface area contributed by atoms with Crippen molar-refractivity contribution in [1.82, 2.24) is 9.55 Å². The molecule has 4 aromatic rings. The maximum Gasteiger partial charge on any atom is 0.143 e. The first-order valence-corrected chi connectivity index (χ1v) is 10.8. The molecule has 0 radical (unpaired) electrons. The molecule has 3 aromatic carbocycles. The van der Waals surface area contributed by atoms with Gasteiger partial charge in [-0.25, -0.2) is 4.98 Å². The van der Waals surface area contributed by atoms with Crippen LogP contribution in [0.1, 0.15) is 35.9 Å². The second kappa shape index (κ2) is 10.1. The van der Waals surface area contributed by atoms with Crippen LogP contribution >= 0.6 is 0 Å². The van der Waals surface area contributed by atoms with E-state index in [1.807, 2.05) is 72.8 Å². The van der Waals surface area contributed by atoms with Crippen LogP contribution in [0, 0.1) is 0 Å². The van der Waals surface area contributed by atoms with E-state index in [0.29, 0.717) is 12.4 Å². The van der Waals surface area contributed by atoms with Crippen LogP contribution in [0.4, 0.5) is 0 Å². The zero-order valence-electron chi connectivity index (χ0n) is 17.7. The molecule has 4 rings (SSSR count). The Balaban J connectivity index is 1.44. The summed E-state index contributed by atoms with van der Waals surface area (Å²) >= 11 is 0. The molecule has 4 nitrogen and oxygen atoms in total. The van der Waals surface area contributed by atoms with Crippen LogP contribution in [0.5, 0.6) is 5.75 Å². The molecule has 0 aliphatic carbocycles. The minimum absolute atomic E-state index is 0.650. The van der Waals surface area contributed by atoms with Crippen molar-refractivity contribution in [2.45, 2.75) is 31.9 Å². The van der Waals surface area contributed by atoms with Gasteiger partial charge in [-0.2, -0.15) is 0 Å². The molecule has 0 aliphatic rings. The molecule has 4 heteroatoms. The van der Waals surface area contributed by atoms with Gasteiger partial charge in [0.25, 0.3) is 0 Å². The van der Waals surface area contributed by atoms with Gasteiger partial charge in [-0.05, 0) is 48.6 Å². The van der Waals surface area contributed by atoms with E-state index in [2.05, 4.69) is 23.3 Å². The lowest BCUT2D eigenvalue weighted by Gasteiger charge is -2.15.